The van der Waals surface area contributed by atoms with Crippen LogP contribution in [0, 0.1) is 30.0 Å². The number of aryl methyl sites for hydroxylation is 1. The molecule has 2 aromatic heterocycles. The first kappa shape index (κ1) is 23.5. The van der Waals surface area contributed by atoms with Gasteiger partial charge < -0.3 is 15.2 Å². The zero-order chi connectivity index (χ0) is 25.4. The van der Waals surface area contributed by atoms with Gasteiger partial charge in [0.25, 0.3) is 5.91 Å². The lowest BCUT2D eigenvalue weighted by atomic mass is 10.1. The molecule has 2 amide bonds. The van der Waals surface area contributed by atoms with E-state index in [2.05, 4.69) is 20.3 Å². The number of hydrogen-bond donors (Lipinski definition) is 2. The van der Waals surface area contributed by atoms with Crippen molar-refractivity contribution in [2.45, 2.75) is 13.3 Å². The summed E-state index contributed by atoms with van der Waals surface area (Å²) in [5, 5.41) is 12.7. The minimum atomic E-state index is -0.651. The molecule has 1 fully saturated rings. The molecule has 2 aromatic carbocycles. The maximum absolute atomic E-state index is 13.5. The first-order chi connectivity index (χ1) is 17.4. The molecule has 0 aliphatic carbocycles. The summed E-state index contributed by atoms with van der Waals surface area (Å²) < 4.78 is 13.5. The number of amides is 2. The number of aromatic amines is 1. The summed E-state index contributed by atoms with van der Waals surface area (Å²) in [5.74, 6) is -1.69. The van der Waals surface area contributed by atoms with Crippen LogP contribution in [0.25, 0.3) is 22.2 Å². The van der Waals surface area contributed by atoms with Crippen LogP contribution < -0.4 is 5.32 Å². The average Bonchev–Trinajstić information content (AvgIpc) is 3.50. The van der Waals surface area contributed by atoms with Crippen molar-refractivity contribution in [3.05, 3.63) is 76.6 Å². The van der Waals surface area contributed by atoms with Crippen molar-refractivity contribution in [3.8, 4) is 17.3 Å². The van der Waals surface area contributed by atoms with Gasteiger partial charge >= 0.3 is 0 Å². The fraction of sp³-hybridized carbons (Fsp3) is 0.192. The van der Waals surface area contributed by atoms with E-state index in [1.165, 1.54) is 12.1 Å². The normalized spacial score (nSPS) is 15.2. The minimum absolute atomic E-state index is 0.151. The highest BCUT2D eigenvalue weighted by Crippen LogP contribution is 2.33. The van der Waals surface area contributed by atoms with Crippen molar-refractivity contribution in [2.75, 3.05) is 18.4 Å². The Bertz CT molecular complexity index is 1560. The summed E-state index contributed by atoms with van der Waals surface area (Å²) in [5.41, 5.74) is 3.52. The first-order valence-electron chi connectivity index (χ1n) is 11.2. The van der Waals surface area contributed by atoms with E-state index < -0.39 is 11.7 Å². The molecule has 36 heavy (non-hydrogen) atoms. The fourth-order valence-electron chi connectivity index (χ4n) is 4.40. The summed E-state index contributed by atoms with van der Waals surface area (Å²) >= 11 is 6.56. The predicted octanol–water partition coefficient (Wildman–Crippen LogP) is 4.70. The Kier molecular flexibility index (Phi) is 6.12. The molecule has 1 saturated heterocycles. The summed E-state index contributed by atoms with van der Waals surface area (Å²) in [7, 11) is 0. The highest BCUT2D eigenvalue weighted by Gasteiger charge is 2.33. The Hall–Kier alpha value is -4.29. The second kappa shape index (κ2) is 9.40. The van der Waals surface area contributed by atoms with Crippen molar-refractivity contribution in [3.63, 3.8) is 0 Å². The first-order valence-corrected chi connectivity index (χ1v) is 11.6. The SMILES string of the molecule is Cc1nccnc1-c1ccc2c(Cl)c(C(=O)N3CC[C@H](C(=O)Nc4ccc(F)c(C#N)c4)C3)[nH]c2c1. The van der Waals surface area contributed by atoms with Gasteiger partial charge in [0.05, 0.1) is 27.9 Å². The number of hydrogen-bond acceptors (Lipinski definition) is 5. The Morgan fingerprint density at radius 2 is 2.03 bits per heavy atom. The second-order valence-corrected chi connectivity index (χ2v) is 8.98. The van der Waals surface area contributed by atoms with Crippen LogP contribution in [0.15, 0.2) is 48.8 Å². The molecule has 1 aliphatic heterocycles. The largest absolute Gasteiger partial charge is 0.349 e. The van der Waals surface area contributed by atoms with Gasteiger partial charge in [-0.2, -0.15) is 5.26 Å². The predicted molar refractivity (Wildman–Crippen MR) is 133 cm³/mol. The molecule has 4 aromatic rings. The van der Waals surface area contributed by atoms with E-state index >= 15 is 0 Å². The van der Waals surface area contributed by atoms with E-state index in [4.69, 9.17) is 16.9 Å². The zero-order valence-electron chi connectivity index (χ0n) is 19.2. The average molecular weight is 503 g/mol. The molecule has 0 saturated carbocycles. The third-order valence-electron chi connectivity index (χ3n) is 6.30. The number of nitriles is 1. The van der Waals surface area contributed by atoms with E-state index in [0.29, 0.717) is 34.6 Å². The van der Waals surface area contributed by atoms with Crippen LogP contribution in [0.3, 0.4) is 0 Å². The van der Waals surface area contributed by atoms with Crippen LogP contribution in [0.5, 0.6) is 0 Å². The smallest absolute Gasteiger partial charge is 0.271 e. The fourth-order valence-corrected chi connectivity index (χ4v) is 4.69. The van der Waals surface area contributed by atoms with Crippen molar-refractivity contribution < 1.29 is 14.0 Å². The van der Waals surface area contributed by atoms with Gasteiger partial charge in [-0.3, -0.25) is 19.6 Å². The summed E-state index contributed by atoms with van der Waals surface area (Å²) in [6.07, 6.45) is 3.73. The van der Waals surface area contributed by atoms with Gasteiger partial charge in [-0.25, -0.2) is 4.39 Å². The number of nitrogens with zero attached hydrogens (tertiary/aromatic N) is 4. The van der Waals surface area contributed by atoms with Crippen LogP contribution in [0.2, 0.25) is 5.02 Å². The van der Waals surface area contributed by atoms with Crippen molar-refractivity contribution in [1.82, 2.24) is 19.9 Å². The molecule has 0 radical (unpaired) electrons. The van der Waals surface area contributed by atoms with Crippen LogP contribution in [-0.4, -0.2) is 44.8 Å². The van der Waals surface area contributed by atoms with Crippen LogP contribution >= 0.6 is 11.6 Å². The molecule has 180 valence electrons. The molecule has 2 N–H and O–H groups in total. The van der Waals surface area contributed by atoms with E-state index in [9.17, 15) is 14.0 Å². The molecule has 0 unspecified atom stereocenters. The number of H-pyrrole nitrogens is 1. The number of carbonyl (C=O) groups is 2. The topological polar surface area (TPSA) is 115 Å². The Labute approximate surface area is 210 Å². The molecule has 0 bridgehead atoms. The van der Waals surface area contributed by atoms with Crippen LogP contribution in [0.4, 0.5) is 10.1 Å². The van der Waals surface area contributed by atoms with Gasteiger partial charge in [0.15, 0.2) is 0 Å². The van der Waals surface area contributed by atoms with Gasteiger partial charge in [0, 0.05) is 47.6 Å². The highest BCUT2D eigenvalue weighted by molar-refractivity contribution is 6.38. The molecular weight excluding hydrogens is 483 g/mol. The number of fused-ring (bicyclic) bond motifs is 1. The highest BCUT2D eigenvalue weighted by atomic mass is 35.5. The third-order valence-corrected chi connectivity index (χ3v) is 6.70. The van der Waals surface area contributed by atoms with Gasteiger partial charge in [0.2, 0.25) is 5.91 Å². The Morgan fingerprint density at radius 1 is 1.22 bits per heavy atom. The second-order valence-electron chi connectivity index (χ2n) is 8.60. The molecule has 5 rings (SSSR count). The lowest BCUT2D eigenvalue weighted by Gasteiger charge is -2.16. The third kappa shape index (κ3) is 4.27. The molecule has 1 aliphatic rings. The molecule has 0 spiro atoms. The zero-order valence-corrected chi connectivity index (χ0v) is 19.9. The van der Waals surface area contributed by atoms with Gasteiger partial charge in [-0.05, 0) is 37.6 Å². The summed E-state index contributed by atoms with van der Waals surface area (Å²) in [4.78, 5) is 39.4. The number of aromatic nitrogens is 3. The van der Waals surface area contributed by atoms with E-state index in [1.54, 1.807) is 23.4 Å². The van der Waals surface area contributed by atoms with Gasteiger partial charge in [-0.15, -0.1) is 0 Å². The van der Waals surface area contributed by atoms with E-state index in [-0.39, 0.29) is 29.6 Å². The number of nitrogens with one attached hydrogen (secondary N) is 2. The summed E-state index contributed by atoms with van der Waals surface area (Å²) in [6.45, 7) is 2.48. The number of benzene rings is 2. The van der Waals surface area contributed by atoms with Gasteiger partial charge in [0.1, 0.15) is 17.6 Å². The number of anilines is 1. The lowest BCUT2D eigenvalue weighted by molar-refractivity contribution is -0.119. The van der Waals surface area contributed by atoms with Crippen molar-refractivity contribution in [1.29, 1.82) is 5.26 Å². The van der Waals surface area contributed by atoms with Crippen LogP contribution in [-0.2, 0) is 4.79 Å². The lowest BCUT2D eigenvalue weighted by Crippen LogP contribution is -2.31. The Balaban J connectivity index is 1.32. The van der Waals surface area contributed by atoms with E-state index in [1.807, 2.05) is 25.1 Å². The van der Waals surface area contributed by atoms with Crippen molar-refractivity contribution >= 4 is 40.0 Å². The maximum Gasteiger partial charge on any atom is 0.271 e. The Morgan fingerprint density at radius 3 is 2.81 bits per heavy atom. The van der Waals surface area contributed by atoms with Crippen LogP contribution in [0.1, 0.15) is 28.2 Å². The van der Waals surface area contributed by atoms with E-state index in [0.717, 1.165) is 23.0 Å². The monoisotopic (exact) mass is 502 g/mol. The minimum Gasteiger partial charge on any atom is -0.349 e. The number of halogens is 2. The van der Waals surface area contributed by atoms with Crippen molar-refractivity contribution in [2.24, 2.45) is 5.92 Å². The number of rotatable bonds is 4. The molecule has 10 heteroatoms. The molecule has 3 heterocycles. The van der Waals surface area contributed by atoms with Gasteiger partial charge in [-0.1, -0.05) is 23.7 Å². The molecule has 8 nitrogen and oxygen atoms in total. The molecular formula is C26H20ClFN6O2. The quantitative estimate of drug-likeness (QED) is 0.420. The maximum atomic E-state index is 13.5. The standard InChI is InChI=1S/C26H20ClFN6O2/c1-14-23(31-8-7-30-14)15-2-4-19-21(11-15)33-24(22(19)27)26(36)34-9-6-16(13-34)25(35)32-18-3-5-20(28)17(10-18)12-29/h2-5,7-8,10-11,16,33H,6,9,13H2,1H3,(H,32,35)/t16-/m0/s1. The number of likely N-dealkylation sites (tertiary alicyclic amines) is 1. The number of carbonyl (C=O) groups excluding carboxylic acids is 2. The summed E-state index contributed by atoms with van der Waals surface area (Å²) in [6, 6.07) is 11.2. The molecule has 1 atom stereocenters.